The normalized spacial score (nSPS) is 19.4. The number of alkyl halides is 1. The van der Waals surface area contributed by atoms with Crippen molar-refractivity contribution in [2.24, 2.45) is 5.41 Å². The molecular formula is C14H19BrFN. The Bertz CT molecular complexity index is 390. The highest BCUT2D eigenvalue weighted by atomic mass is 79.9. The van der Waals surface area contributed by atoms with Crippen LogP contribution in [0.2, 0.25) is 0 Å². The largest absolute Gasteiger partial charge is 0.299 e. The van der Waals surface area contributed by atoms with Crippen molar-refractivity contribution in [2.45, 2.75) is 25.8 Å². The van der Waals surface area contributed by atoms with Gasteiger partial charge in [-0.1, -0.05) is 34.1 Å². The molecule has 1 aromatic rings. The van der Waals surface area contributed by atoms with Crippen molar-refractivity contribution in [3.63, 3.8) is 0 Å². The van der Waals surface area contributed by atoms with Crippen LogP contribution >= 0.6 is 15.9 Å². The first-order valence-corrected chi connectivity index (χ1v) is 7.21. The molecule has 0 heterocycles. The lowest BCUT2D eigenvalue weighted by atomic mass is 10.0. The van der Waals surface area contributed by atoms with Crippen LogP contribution in [0.1, 0.15) is 31.4 Å². The van der Waals surface area contributed by atoms with Crippen molar-refractivity contribution in [3.05, 3.63) is 35.6 Å². The molecule has 0 spiro atoms. The maximum absolute atomic E-state index is 13.7. The molecule has 1 nitrogen and oxygen atoms in total. The van der Waals surface area contributed by atoms with E-state index in [4.69, 9.17) is 0 Å². The molecule has 0 radical (unpaired) electrons. The minimum atomic E-state index is -0.101. The first kappa shape index (κ1) is 13.0. The molecule has 0 bridgehead atoms. The van der Waals surface area contributed by atoms with Crippen LogP contribution in [0.4, 0.5) is 4.39 Å². The Labute approximate surface area is 111 Å². The van der Waals surface area contributed by atoms with E-state index in [2.05, 4.69) is 34.8 Å². The Morgan fingerprint density at radius 2 is 2.06 bits per heavy atom. The third-order valence-corrected chi connectivity index (χ3v) is 5.03. The van der Waals surface area contributed by atoms with Gasteiger partial charge in [0, 0.05) is 23.5 Å². The second-order valence-electron chi connectivity index (χ2n) is 5.25. The molecule has 17 heavy (non-hydrogen) atoms. The topological polar surface area (TPSA) is 3.24 Å². The van der Waals surface area contributed by atoms with Gasteiger partial charge in [-0.2, -0.15) is 0 Å². The predicted molar refractivity (Wildman–Crippen MR) is 72.9 cm³/mol. The van der Waals surface area contributed by atoms with Crippen molar-refractivity contribution in [3.8, 4) is 0 Å². The summed E-state index contributed by atoms with van der Waals surface area (Å²) in [5, 5.41) is 1.05. The van der Waals surface area contributed by atoms with Crippen molar-refractivity contribution < 1.29 is 4.39 Å². The summed E-state index contributed by atoms with van der Waals surface area (Å²) in [5.41, 5.74) is 1.23. The molecular weight excluding hydrogens is 281 g/mol. The highest BCUT2D eigenvalue weighted by molar-refractivity contribution is 9.09. The van der Waals surface area contributed by atoms with E-state index in [9.17, 15) is 4.39 Å². The van der Waals surface area contributed by atoms with Crippen LogP contribution in [-0.4, -0.2) is 23.8 Å². The molecule has 1 atom stereocenters. The molecule has 0 aliphatic heterocycles. The molecule has 3 heteroatoms. The lowest BCUT2D eigenvalue weighted by Gasteiger charge is -2.28. The zero-order chi connectivity index (χ0) is 12.5. The number of hydrogen-bond acceptors (Lipinski definition) is 1. The molecule has 1 aromatic carbocycles. The van der Waals surface area contributed by atoms with Gasteiger partial charge in [-0.05, 0) is 38.3 Å². The molecule has 1 aliphatic carbocycles. The minimum absolute atomic E-state index is 0.101. The maximum Gasteiger partial charge on any atom is 0.127 e. The first-order valence-electron chi connectivity index (χ1n) is 6.09. The molecule has 0 saturated heterocycles. The molecule has 2 rings (SSSR count). The number of nitrogens with zero attached hydrogens (tertiary/aromatic N) is 1. The van der Waals surface area contributed by atoms with Gasteiger partial charge in [0.15, 0.2) is 0 Å². The molecule has 1 aliphatic rings. The van der Waals surface area contributed by atoms with E-state index in [0.717, 1.165) is 17.4 Å². The number of benzene rings is 1. The lowest BCUT2D eigenvalue weighted by molar-refractivity contribution is 0.216. The van der Waals surface area contributed by atoms with Crippen LogP contribution in [0.15, 0.2) is 24.3 Å². The summed E-state index contributed by atoms with van der Waals surface area (Å²) in [6, 6.07) is 7.20. The van der Waals surface area contributed by atoms with Gasteiger partial charge in [0.05, 0.1) is 0 Å². The monoisotopic (exact) mass is 299 g/mol. The molecule has 0 aromatic heterocycles. The molecule has 0 N–H and O–H groups in total. The molecule has 1 saturated carbocycles. The van der Waals surface area contributed by atoms with E-state index in [1.165, 1.54) is 18.9 Å². The van der Waals surface area contributed by atoms with E-state index >= 15 is 0 Å². The Morgan fingerprint density at radius 3 is 2.59 bits per heavy atom. The number of halogens is 2. The summed E-state index contributed by atoms with van der Waals surface area (Å²) in [7, 11) is 2.08. The smallest absolute Gasteiger partial charge is 0.127 e. The van der Waals surface area contributed by atoms with Crippen LogP contribution < -0.4 is 0 Å². The standard InChI is InChI=1S/C14H19BrFN/c1-11(12-5-3-4-6-13(12)16)17(2)10-14(9-15)7-8-14/h3-6,11H,7-10H2,1-2H3. The average molecular weight is 300 g/mol. The van der Waals surface area contributed by atoms with Gasteiger partial charge < -0.3 is 0 Å². The van der Waals surface area contributed by atoms with Crippen LogP contribution in [0.25, 0.3) is 0 Å². The Hall–Kier alpha value is -0.410. The van der Waals surface area contributed by atoms with Crippen LogP contribution in [-0.2, 0) is 0 Å². The fourth-order valence-corrected chi connectivity index (χ4v) is 2.97. The Kier molecular flexibility index (Phi) is 3.88. The summed E-state index contributed by atoms with van der Waals surface area (Å²) < 4.78 is 13.7. The van der Waals surface area contributed by atoms with Gasteiger partial charge in [-0.15, -0.1) is 0 Å². The lowest BCUT2D eigenvalue weighted by Crippen LogP contribution is -2.30. The first-order chi connectivity index (χ1) is 8.08. The fourth-order valence-electron chi connectivity index (χ4n) is 2.23. The predicted octanol–water partition coefficient (Wildman–Crippen LogP) is 3.99. The van der Waals surface area contributed by atoms with Crippen LogP contribution in [0, 0.1) is 11.2 Å². The number of rotatable bonds is 5. The third-order valence-electron chi connectivity index (χ3n) is 3.84. The van der Waals surface area contributed by atoms with Crippen molar-refractivity contribution in [1.82, 2.24) is 4.90 Å². The van der Waals surface area contributed by atoms with Crippen LogP contribution in [0.3, 0.4) is 0 Å². The SMILES string of the molecule is CC(c1ccccc1F)N(C)CC1(CBr)CC1. The van der Waals surface area contributed by atoms with Gasteiger partial charge in [0.25, 0.3) is 0 Å². The summed E-state index contributed by atoms with van der Waals surface area (Å²) >= 11 is 3.58. The highest BCUT2D eigenvalue weighted by Gasteiger charge is 2.42. The highest BCUT2D eigenvalue weighted by Crippen LogP contribution is 2.48. The Morgan fingerprint density at radius 1 is 1.41 bits per heavy atom. The second-order valence-corrected chi connectivity index (χ2v) is 5.81. The summed E-state index contributed by atoms with van der Waals surface area (Å²) in [6.07, 6.45) is 2.57. The average Bonchev–Trinajstić information content (AvgIpc) is 3.09. The van der Waals surface area contributed by atoms with Gasteiger partial charge in [-0.25, -0.2) is 4.39 Å². The zero-order valence-corrected chi connectivity index (χ0v) is 12.0. The van der Waals surface area contributed by atoms with Crippen molar-refractivity contribution in [2.75, 3.05) is 18.9 Å². The van der Waals surface area contributed by atoms with E-state index in [-0.39, 0.29) is 11.9 Å². The molecule has 94 valence electrons. The quantitative estimate of drug-likeness (QED) is 0.743. The van der Waals surface area contributed by atoms with E-state index in [1.54, 1.807) is 6.07 Å². The van der Waals surface area contributed by atoms with E-state index in [0.29, 0.717) is 5.41 Å². The van der Waals surface area contributed by atoms with E-state index in [1.807, 2.05) is 12.1 Å². The molecule has 0 amide bonds. The van der Waals surface area contributed by atoms with Crippen molar-refractivity contribution in [1.29, 1.82) is 0 Å². The zero-order valence-electron chi connectivity index (χ0n) is 10.4. The van der Waals surface area contributed by atoms with Gasteiger partial charge >= 0.3 is 0 Å². The third kappa shape index (κ3) is 2.89. The van der Waals surface area contributed by atoms with E-state index < -0.39 is 0 Å². The summed E-state index contributed by atoms with van der Waals surface area (Å²) in [5.74, 6) is -0.101. The number of hydrogen-bond donors (Lipinski definition) is 0. The maximum atomic E-state index is 13.7. The second kappa shape index (κ2) is 5.07. The summed E-state index contributed by atoms with van der Waals surface area (Å²) in [4.78, 5) is 2.26. The Balaban J connectivity index is 2.04. The van der Waals surface area contributed by atoms with Crippen molar-refractivity contribution >= 4 is 15.9 Å². The van der Waals surface area contributed by atoms with Gasteiger partial charge in [0.2, 0.25) is 0 Å². The molecule has 1 unspecified atom stereocenters. The van der Waals surface area contributed by atoms with Crippen LogP contribution in [0.5, 0.6) is 0 Å². The molecule has 1 fully saturated rings. The summed E-state index contributed by atoms with van der Waals surface area (Å²) in [6.45, 7) is 3.11. The fraction of sp³-hybridized carbons (Fsp3) is 0.571. The minimum Gasteiger partial charge on any atom is -0.299 e. The van der Waals surface area contributed by atoms with Gasteiger partial charge in [0.1, 0.15) is 5.82 Å². The van der Waals surface area contributed by atoms with Gasteiger partial charge in [-0.3, -0.25) is 4.90 Å².